The van der Waals surface area contributed by atoms with Gasteiger partial charge in [0.25, 0.3) is 5.91 Å². The molecule has 5 heteroatoms. The number of rotatable bonds is 5. The van der Waals surface area contributed by atoms with E-state index in [0.29, 0.717) is 11.7 Å². The van der Waals surface area contributed by atoms with E-state index in [1.807, 2.05) is 54.6 Å². The predicted octanol–water partition coefficient (Wildman–Crippen LogP) is 4.60. The highest BCUT2D eigenvalue weighted by atomic mass is 16.1. The molecule has 0 aliphatic carbocycles. The number of carbonyl (C=O) groups is 1. The third-order valence-corrected chi connectivity index (χ3v) is 3.76. The molecule has 2 aromatic carbocycles. The Morgan fingerprint density at radius 3 is 2.32 bits per heavy atom. The molecule has 0 atom stereocenters. The van der Waals surface area contributed by atoms with Crippen LogP contribution < -0.4 is 10.6 Å². The van der Waals surface area contributed by atoms with Gasteiger partial charge in [-0.2, -0.15) is 0 Å². The van der Waals surface area contributed by atoms with Gasteiger partial charge in [0.2, 0.25) is 0 Å². The van der Waals surface area contributed by atoms with E-state index in [1.165, 1.54) is 6.20 Å². The average Bonchev–Trinajstić information content (AvgIpc) is 2.63. The molecule has 0 fully saturated rings. The summed E-state index contributed by atoms with van der Waals surface area (Å²) in [5.74, 6) is 0.636. The molecule has 25 heavy (non-hydrogen) atoms. The lowest BCUT2D eigenvalue weighted by molar-refractivity contribution is 0.102. The second-order valence-electron chi connectivity index (χ2n) is 5.97. The molecule has 3 aromatic rings. The lowest BCUT2D eigenvalue weighted by Gasteiger charge is -2.13. The molecule has 0 spiro atoms. The zero-order valence-electron chi connectivity index (χ0n) is 14.2. The van der Waals surface area contributed by atoms with E-state index in [9.17, 15) is 4.79 Å². The van der Waals surface area contributed by atoms with Crippen LogP contribution in [0.3, 0.4) is 0 Å². The average molecular weight is 332 g/mol. The molecule has 1 heterocycles. The smallest absolute Gasteiger partial charge is 0.275 e. The summed E-state index contributed by atoms with van der Waals surface area (Å²) in [6.45, 7) is 4.18. The minimum absolute atomic E-state index is 0.271. The number of carbonyl (C=O) groups excluding carboxylic acids is 1. The summed E-state index contributed by atoms with van der Waals surface area (Å²) >= 11 is 0. The minimum atomic E-state index is -0.271. The van der Waals surface area contributed by atoms with E-state index in [2.05, 4.69) is 34.4 Å². The highest BCUT2D eigenvalue weighted by Crippen LogP contribution is 2.24. The van der Waals surface area contributed by atoms with Gasteiger partial charge in [0.05, 0.1) is 12.4 Å². The lowest BCUT2D eigenvalue weighted by atomic mass is 10.0. The van der Waals surface area contributed by atoms with E-state index < -0.39 is 0 Å². The molecule has 1 amide bonds. The topological polar surface area (TPSA) is 66.9 Å². The van der Waals surface area contributed by atoms with Crippen LogP contribution in [-0.2, 0) is 0 Å². The van der Waals surface area contributed by atoms with Gasteiger partial charge in [0.1, 0.15) is 11.5 Å². The van der Waals surface area contributed by atoms with Gasteiger partial charge in [-0.15, -0.1) is 0 Å². The van der Waals surface area contributed by atoms with Gasteiger partial charge < -0.3 is 10.6 Å². The Labute approximate surface area is 147 Å². The molecule has 0 bridgehead atoms. The van der Waals surface area contributed by atoms with Crippen LogP contribution in [0.5, 0.6) is 0 Å². The molecule has 0 aliphatic rings. The number of nitrogens with zero attached hydrogens (tertiary/aromatic N) is 2. The van der Waals surface area contributed by atoms with Gasteiger partial charge in [-0.25, -0.2) is 9.97 Å². The Morgan fingerprint density at radius 2 is 1.64 bits per heavy atom. The molecular formula is C20H20N4O. The molecule has 0 unspecified atom stereocenters. The largest absolute Gasteiger partial charge is 0.339 e. The first-order valence-electron chi connectivity index (χ1n) is 8.18. The van der Waals surface area contributed by atoms with Gasteiger partial charge in [-0.05, 0) is 29.7 Å². The normalized spacial score (nSPS) is 10.5. The number of nitrogens with one attached hydrogen (secondary N) is 2. The van der Waals surface area contributed by atoms with Crippen molar-refractivity contribution in [2.75, 3.05) is 10.6 Å². The van der Waals surface area contributed by atoms with Crippen LogP contribution >= 0.6 is 0 Å². The van der Waals surface area contributed by atoms with E-state index in [1.54, 1.807) is 6.20 Å². The fourth-order valence-electron chi connectivity index (χ4n) is 2.48. The van der Waals surface area contributed by atoms with Crippen molar-refractivity contribution in [1.29, 1.82) is 0 Å². The maximum absolute atomic E-state index is 12.4. The summed E-state index contributed by atoms with van der Waals surface area (Å²) in [4.78, 5) is 20.9. The van der Waals surface area contributed by atoms with Crippen molar-refractivity contribution in [3.8, 4) is 0 Å². The van der Waals surface area contributed by atoms with Gasteiger partial charge >= 0.3 is 0 Å². The van der Waals surface area contributed by atoms with Crippen molar-refractivity contribution < 1.29 is 4.79 Å². The van der Waals surface area contributed by atoms with Crippen molar-refractivity contribution in [2.24, 2.45) is 0 Å². The van der Waals surface area contributed by atoms with Crippen molar-refractivity contribution in [2.45, 2.75) is 19.8 Å². The Balaban J connectivity index is 1.71. The lowest BCUT2D eigenvalue weighted by Crippen LogP contribution is -2.15. The number of amides is 1. The fraction of sp³-hybridized carbons (Fsp3) is 0.150. The third kappa shape index (κ3) is 4.20. The Kier molecular flexibility index (Phi) is 5.04. The first kappa shape index (κ1) is 16.6. The number of aromatic nitrogens is 2. The monoisotopic (exact) mass is 332 g/mol. The first-order valence-corrected chi connectivity index (χ1v) is 8.18. The molecule has 5 nitrogen and oxygen atoms in total. The van der Waals surface area contributed by atoms with Gasteiger partial charge in [-0.3, -0.25) is 4.79 Å². The number of para-hydroxylation sites is 2. The maximum Gasteiger partial charge on any atom is 0.275 e. The summed E-state index contributed by atoms with van der Waals surface area (Å²) in [5.41, 5.74) is 3.08. The molecule has 0 aliphatic heterocycles. The summed E-state index contributed by atoms with van der Waals surface area (Å²) in [7, 11) is 0. The van der Waals surface area contributed by atoms with Gasteiger partial charge in [-0.1, -0.05) is 50.2 Å². The molecule has 2 N–H and O–H groups in total. The second-order valence-corrected chi connectivity index (χ2v) is 5.97. The summed E-state index contributed by atoms with van der Waals surface area (Å²) in [6.07, 6.45) is 3.02. The standard InChI is InChI=1S/C20H20N4O/c1-14(2)16-10-6-7-11-17(16)24-20(25)18-12-22-19(13-21-18)23-15-8-4-3-5-9-15/h3-14H,1-2H3,(H,22,23)(H,24,25). The summed E-state index contributed by atoms with van der Waals surface area (Å²) < 4.78 is 0. The Bertz CT molecular complexity index is 845. The van der Waals surface area contributed by atoms with Crippen LogP contribution in [0.15, 0.2) is 67.0 Å². The quantitative estimate of drug-likeness (QED) is 0.717. The van der Waals surface area contributed by atoms with E-state index in [4.69, 9.17) is 0 Å². The first-order chi connectivity index (χ1) is 12.1. The maximum atomic E-state index is 12.4. The third-order valence-electron chi connectivity index (χ3n) is 3.76. The number of hydrogen-bond acceptors (Lipinski definition) is 4. The van der Waals surface area contributed by atoms with E-state index in [0.717, 1.165) is 16.9 Å². The van der Waals surface area contributed by atoms with E-state index >= 15 is 0 Å². The number of hydrogen-bond donors (Lipinski definition) is 2. The SMILES string of the molecule is CC(C)c1ccccc1NC(=O)c1cnc(Nc2ccccc2)cn1. The minimum Gasteiger partial charge on any atom is -0.339 e. The molecule has 1 aromatic heterocycles. The van der Waals surface area contributed by atoms with Crippen LogP contribution in [0.4, 0.5) is 17.2 Å². The highest BCUT2D eigenvalue weighted by Gasteiger charge is 2.12. The van der Waals surface area contributed by atoms with Crippen molar-refractivity contribution in [3.63, 3.8) is 0 Å². The van der Waals surface area contributed by atoms with Crippen molar-refractivity contribution >= 4 is 23.1 Å². The Hall–Kier alpha value is -3.21. The fourth-order valence-corrected chi connectivity index (χ4v) is 2.48. The van der Waals surface area contributed by atoms with Crippen LogP contribution in [0, 0.1) is 0 Å². The van der Waals surface area contributed by atoms with Crippen LogP contribution in [0.2, 0.25) is 0 Å². The van der Waals surface area contributed by atoms with Gasteiger partial charge in [0, 0.05) is 11.4 Å². The molecular weight excluding hydrogens is 312 g/mol. The zero-order chi connectivity index (χ0) is 17.6. The predicted molar refractivity (Wildman–Crippen MR) is 100 cm³/mol. The summed E-state index contributed by atoms with van der Waals surface area (Å²) in [5, 5.41) is 6.05. The molecule has 126 valence electrons. The summed E-state index contributed by atoms with van der Waals surface area (Å²) in [6, 6.07) is 17.5. The highest BCUT2D eigenvalue weighted by molar-refractivity contribution is 6.03. The molecule has 0 saturated carbocycles. The number of benzene rings is 2. The molecule has 0 saturated heterocycles. The van der Waals surface area contributed by atoms with Crippen LogP contribution in [-0.4, -0.2) is 15.9 Å². The Morgan fingerprint density at radius 1 is 0.920 bits per heavy atom. The number of anilines is 3. The molecule has 0 radical (unpaired) electrons. The van der Waals surface area contributed by atoms with Crippen molar-refractivity contribution in [1.82, 2.24) is 9.97 Å². The van der Waals surface area contributed by atoms with E-state index in [-0.39, 0.29) is 11.6 Å². The zero-order valence-corrected chi connectivity index (χ0v) is 14.2. The van der Waals surface area contributed by atoms with Crippen LogP contribution in [0.25, 0.3) is 0 Å². The van der Waals surface area contributed by atoms with Crippen molar-refractivity contribution in [3.05, 3.63) is 78.2 Å². The van der Waals surface area contributed by atoms with Crippen LogP contribution in [0.1, 0.15) is 35.8 Å². The van der Waals surface area contributed by atoms with Gasteiger partial charge in [0.15, 0.2) is 0 Å². The second kappa shape index (κ2) is 7.57. The molecule has 3 rings (SSSR count).